The summed E-state index contributed by atoms with van der Waals surface area (Å²) in [5.74, 6) is 1.01. The van der Waals surface area contributed by atoms with E-state index in [0.29, 0.717) is 29.1 Å². The lowest BCUT2D eigenvalue weighted by atomic mass is 9.94. The molecule has 1 amide bonds. The van der Waals surface area contributed by atoms with E-state index in [2.05, 4.69) is 4.90 Å². The summed E-state index contributed by atoms with van der Waals surface area (Å²) < 4.78 is 5.37. The minimum Gasteiger partial charge on any atom is -0.491 e. The molecule has 1 heterocycles. The summed E-state index contributed by atoms with van der Waals surface area (Å²) >= 11 is 6.35. The first-order valence-corrected chi connectivity index (χ1v) is 9.39. The Morgan fingerprint density at radius 1 is 1.21 bits per heavy atom. The molecule has 1 N–H and O–H groups in total. The summed E-state index contributed by atoms with van der Waals surface area (Å²) in [6, 6.07) is 6.02. The van der Waals surface area contributed by atoms with E-state index in [1.54, 1.807) is 6.07 Å². The zero-order valence-electron chi connectivity index (χ0n) is 14.0. The van der Waals surface area contributed by atoms with Gasteiger partial charge in [-0.15, -0.1) is 0 Å². The van der Waals surface area contributed by atoms with Gasteiger partial charge < -0.3 is 14.7 Å². The van der Waals surface area contributed by atoms with Crippen molar-refractivity contribution in [3.8, 4) is 5.75 Å². The van der Waals surface area contributed by atoms with Crippen molar-refractivity contribution in [1.82, 2.24) is 4.90 Å². The molecule has 0 spiro atoms. The fourth-order valence-electron chi connectivity index (χ4n) is 3.92. The number of ether oxygens (including phenoxy) is 1. The van der Waals surface area contributed by atoms with Crippen molar-refractivity contribution in [2.45, 2.75) is 51.0 Å². The van der Waals surface area contributed by atoms with Crippen molar-refractivity contribution in [1.29, 1.82) is 0 Å². The molecule has 1 aliphatic heterocycles. The van der Waals surface area contributed by atoms with Gasteiger partial charge in [-0.3, -0.25) is 4.79 Å². The van der Waals surface area contributed by atoms with E-state index in [1.807, 2.05) is 12.1 Å². The van der Waals surface area contributed by atoms with Crippen LogP contribution in [0.25, 0.3) is 0 Å². The Bertz CT molecular complexity index is 572. The first-order valence-electron chi connectivity index (χ1n) is 9.01. The standard InChI is InChI=1S/C19H26ClNO3/c20-18-13-17(24-11-10-22)7-6-14(18)12-15-8-9-21(19(15)23)16-4-2-1-3-5-16/h6-7,13,15-16,22H,1-5,8-12H2. The topological polar surface area (TPSA) is 49.8 Å². The summed E-state index contributed by atoms with van der Waals surface area (Å²) in [5, 5.41) is 9.44. The van der Waals surface area contributed by atoms with Gasteiger partial charge >= 0.3 is 0 Å². The number of likely N-dealkylation sites (tertiary alicyclic amines) is 1. The highest BCUT2D eigenvalue weighted by Crippen LogP contribution is 2.32. The van der Waals surface area contributed by atoms with Crippen LogP contribution in [0.2, 0.25) is 5.02 Å². The number of amides is 1. The average Bonchev–Trinajstić information content (AvgIpc) is 2.96. The van der Waals surface area contributed by atoms with Gasteiger partial charge in [0.15, 0.2) is 0 Å². The van der Waals surface area contributed by atoms with Crippen LogP contribution in [0.4, 0.5) is 0 Å². The quantitative estimate of drug-likeness (QED) is 0.854. The Labute approximate surface area is 148 Å². The van der Waals surface area contributed by atoms with Gasteiger partial charge in [0.2, 0.25) is 5.91 Å². The van der Waals surface area contributed by atoms with E-state index in [-0.39, 0.29) is 19.1 Å². The fraction of sp³-hybridized carbons (Fsp3) is 0.632. The van der Waals surface area contributed by atoms with Crippen molar-refractivity contribution >= 4 is 17.5 Å². The second-order valence-corrected chi connectivity index (χ2v) is 7.25. The summed E-state index contributed by atoms with van der Waals surface area (Å²) in [7, 11) is 0. The van der Waals surface area contributed by atoms with Gasteiger partial charge in [0, 0.05) is 23.5 Å². The number of aliphatic hydroxyl groups excluding tert-OH is 1. The number of aliphatic hydroxyl groups is 1. The van der Waals surface area contributed by atoms with Crippen LogP contribution >= 0.6 is 11.6 Å². The van der Waals surface area contributed by atoms with Gasteiger partial charge in [-0.1, -0.05) is 36.9 Å². The van der Waals surface area contributed by atoms with Crippen LogP contribution < -0.4 is 4.74 Å². The number of rotatable bonds is 6. The second-order valence-electron chi connectivity index (χ2n) is 6.84. The van der Waals surface area contributed by atoms with Crippen LogP contribution in [0, 0.1) is 5.92 Å². The van der Waals surface area contributed by atoms with Crippen molar-refractivity contribution in [3.63, 3.8) is 0 Å². The minimum absolute atomic E-state index is 0.0209. The highest BCUT2D eigenvalue weighted by atomic mass is 35.5. The van der Waals surface area contributed by atoms with Gasteiger partial charge in [-0.05, 0) is 43.4 Å². The summed E-state index contributed by atoms with van der Waals surface area (Å²) in [6.07, 6.45) is 7.75. The van der Waals surface area contributed by atoms with Gasteiger partial charge in [-0.25, -0.2) is 0 Å². The number of benzene rings is 1. The largest absolute Gasteiger partial charge is 0.491 e. The molecule has 2 aliphatic rings. The monoisotopic (exact) mass is 351 g/mol. The maximum atomic E-state index is 12.8. The molecule has 1 aromatic carbocycles. The van der Waals surface area contributed by atoms with Crippen LogP contribution in [0.3, 0.4) is 0 Å². The Kier molecular flexibility index (Phi) is 6.01. The molecule has 0 aromatic heterocycles. The molecule has 1 saturated carbocycles. The Morgan fingerprint density at radius 2 is 2.00 bits per heavy atom. The zero-order valence-corrected chi connectivity index (χ0v) is 14.8. The molecular weight excluding hydrogens is 326 g/mol. The number of hydrogen-bond acceptors (Lipinski definition) is 3. The summed E-state index contributed by atoms with van der Waals surface area (Å²) in [4.78, 5) is 14.9. The van der Waals surface area contributed by atoms with Crippen LogP contribution in [0.5, 0.6) is 5.75 Å². The van der Waals surface area contributed by atoms with E-state index in [9.17, 15) is 4.79 Å². The van der Waals surface area contributed by atoms with Crippen molar-refractivity contribution in [3.05, 3.63) is 28.8 Å². The first kappa shape index (κ1) is 17.6. The van der Waals surface area contributed by atoms with Gasteiger partial charge in [-0.2, -0.15) is 0 Å². The zero-order chi connectivity index (χ0) is 16.9. The third kappa shape index (κ3) is 4.04. The van der Waals surface area contributed by atoms with Crippen LogP contribution in [-0.2, 0) is 11.2 Å². The molecule has 1 atom stereocenters. The smallest absolute Gasteiger partial charge is 0.226 e. The molecule has 24 heavy (non-hydrogen) atoms. The Balaban J connectivity index is 1.61. The number of carbonyl (C=O) groups excluding carboxylic acids is 1. The molecule has 1 aliphatic carbocycles. The van der Waals surface area contributed by atoms with Gasteiger partial charge in [0.1, 0.15) is 12.4 Å². The molecule has 1 aromatic rings. The maximum absolute atomic E-state index is 12.8. The highest BCUT2D eigenvalue weighted by Gasteiger charge is 2.36. The molecule has 0 bridgehead atoms. The number of hydrogen-bond donors (Lipinski definition) is 1. The highest BCUT2D eigenvalue weighted by molar-refractivity contribution is 6.31. The summed E-state index contributed by atoms with van der Waals surface area (Å²) in [6.45, 7) is 1.13. The minimum atomic E-state index is -0.0209. The predicted octanol–water partition coefficient (Wildman–Crippen LogP) is 3.43. The third-order valence-corrected chi connectivity index (χ3v) is 5.57. The maximum Gasteiger partial charge on any atom is 0.226 e. The van der Waals surface area contributed by atoms with Crippen LogP contribution in [-0.4, -0.2) is 41.7 Å². The molecule has 1 unspecified atom stereocenters. The van der Waals surface area contributed by atoms with Crippen molar-refractivity contribution in [2.75, 3.05) is 19.8 Å². The third-order valence-electron chi connectivity index (χ3n) is 5.22. The molecule has 132 valence electrons. The average molecular weight is 352 g/mol. The molecular formula is C19H26ClNO3. The molecule has 5 heteroatoms. The van der Waals surface area contributed by atoms with Gasteiger partial charge in [0.25, 0.3) is 0 Å². The molecule has 2 fully saturated rings. The second kappa shape index (κ2) is 8.21. The van der Waals surface area contributed by atoms with Crippen LogP contribution in [0.15, 0.2) is 18.2 Å². The van der Waals surface area contributed by atoms with E-state index in [4.69, 9.17) is 21.4 Å². The lowest BCUT2D eigenvalue weighted by Gasteiger charge is -2.31. The first-order chi connectivity index (χ1) is 11.7. The summed E-state index contributed by atoms with van der Waals surface area (Å²) in [5.41, 5.74) is 0.997. The molecule has 1 saturated heterocycles. The molecule has 3 rings (SSSR count). The number of halogens is 1. The molecule has 4 nitrogen and oxygen atoms in total. The van der Waals surface area contributed by atoms with Gasteiger partial charge in [0.05, 0.1) is 6.61 Å². The Morgan fingerprint density at radius 3 is 2.71 bits per heavy atom. The SMILES string of the molecule is O=C1C(Cc2ccc(OCCO)cc2Cl)CCN1C1CCCCC1. The fourth-order valence-corrected chi connectivity index (χ4v) is 4.17. The molecule has 0 radical (unpaired) electrons. The Hall–Kier alpha value is -1.26. The normalized spacial score (nSPS) is 22.2. The van der Waals surface area contributed by atoms with E-state index >= 15 is 0 Å². The number of nitrogens with zero attached hydrogens (tertiary/aromatic N) is 1. The van der Waals surface area contributed by atoms with Crippen molar-refractivity contribution < 1.29 is 14.6 Å². The lowest BCUT2D eigenvalue weighted by molar-refractivity contribution is -0.133. The predicted molar refractivity (Wildman–Crippen MR) is 94.4 cm³/mol. The number of carbonyl (C=O) groups is 1. The van der Waals surface area contributed by atoms with E-state index < -0.39 is 0 Å². The van der Waals surface area contributed by atoms with E-state index in [1.165, 1.54) is 19.3 Å². The lowest BCUT2D eigenvalue weighted by Crippen LogP contribution is -2.39. The van der Waals surface area contributed by atoms with E-state index in [0.717, 1.165) is 31.4 Å². The van der Waals surface area contributed by atoms with Crippen molar-refractivity contribution in [2.24, 2.45) is 5.92 Å². The van der Waals surface area contributed by atoms with Crippen LogP contribution in [0.1, 0.15) is 44.1 Å².